The Morgan fingerprint density at radius 1 is 0.882 bits per heavy atom. The Balaban J connectivity index is 1.76. The Kier molecular flexibility index (Phi) is 4.60. The maximum Gasteiger partial charge on any atom is 0.0450 e. The first-order valence-electron chi connectivity index (χ1n) is 5.84. The molecule has 0 atom stereocenters. The first-order chi connectivity index (χ1) is 8.36. The maximum absolute atomic E-state index is 6.08. The molecule has 0 aliphatic heterocycles. The van der Waals surface area contributed by atoms with Crippen LogP contribution in [-0.4, -0.2) is 6.54 Å². The molecule has 0 aliphatic rings. The lowest BCUT2D eigenvalue weighted by Gasteiger charge is -2.06. The first kappa shape index (κ1) is 12.2. The third-order valence-electron chi connectivity index (χ3n) is 2.71. The molecule has 0 fully saturated rings. The summed E-state index contributed by atoms with van der Waals surface area (Å²) in [5, 5.41) is 4.24. The second kappa shape index (κ2) is 6.43. The van der Waals surface area contributed by atoms with Crippen LogP contribution in [0.25, 0.3) is 0 Å². The predicted molar refractivity (Wildman–Crippen MR) is 73.3 cm³/mol. The van der Waals surface area contributed by atoms with Crippen molar-refractivity contribution in [2.75, 3.05) is 6.54 Å². The summed E-state index contributed by atoms with van der Waals surface area (Å²) in [4.78, 5) is 0. The Hall–Kier alpha value is -1.31. The molecule has 2 rings (SSSR count). The molecule has 17 heavy (non-hydrogen) atoms. The molecule has 0 unspecified atom stereocenters. The van der Waals surface area contributed by atoms with Crippen molar-refractivity contribution in [3.63, 3.8) is 0 Å². The highest BCUT2D eigenvalue weighted by atomic mass is 35.5. The molecule has 0 saturated carbocycles. The van der Waals surface area contributed by atoms with Gasteiger partial charge in [-0.2, -0.15) is 0 Å². The summed E-state index contributed by atoms with van der Waals surface area (Å²) in [7, 11) is 0. The van der Waals surface area contributed by atoms with E-state index in [4.69, 9.17) is 11.6 Å². The van der Waals surface area contributed by atoms with Gasteiger partial charge in [-0.1, -0.05) is 60.1 Å². The number of benzene rings is 2. The van der Waals surface area contributed by atoms with Gasteiger partial charge in [0.25, 0.3) is 0 Å². The molecule has 0 bridgehead atoms. The van der Waals surface area contributed by atoms with Crippen molar-refractivity contribution < 1.29 is 0 Å². The molecule has 0 aromatic heterocycles. The molecule has 2 heteroatoms. The SMILES string of the molecule is Clc1ccccc1CNCCc1ccccc1. The Morgan fingerprint density at radius 3 is 2.35 bits per heavy atom. The van der Waals surface area contributed by atoms with Crippen LogP contribution in [0.15, 0.2) is 54.6 Å². The zero-order valence-electron chi connectivity index (χ0n) is 9.70. The van der Waals surface area contributed by atoms with Crippen molar-refractivity contribution >= 4 is 11.6 Å². The Labute approximate surface area is 107 Å². The van der Waals surface area contributed by atoms with Gasteiger partial charge in [0.2, 0.25) is 0 Å². The molecule has 1 N–H and O–H groups in total. The van der Waals surface area contributed by atoms with Crippen LogP contribution in [-0.2, 0) is 13.0 Å². The average molecular weight is 246 g/mol. The highest BCUT2D eigenvalue weighted by Crippen LogP contribution is 2.14. The molecule has 0 aliphatic carbocycles. The number of nitrogens with one attached hydrogen (secondary N) is 1. The Bertz CT molecular complexity index is 453. The highest BCUT2D eigenvalue weighted by molar-refractivity contribution is 6.31. The maximum atomic E-state index is 6.08. The van der Waals surface area contributed by atoms with Crippen LogP contribution in [0.5, 0.6) is 0 Å². The van der Waals surface area contributed by atoms with E-state index >= 15 is 0 Å². The zero-order valence-corrected chi connectivity index (χ0v) is 10.5. The summed E-state index contributed by atoms with van der Waals surface area (Å²) in [6, 6.07) is 18.4. The van der Waals surface area contributed by atoms with E-state index in [9.17, 15) is 0 Å². The largest absolute Gasteiger partial charge is 0.312 e. The summed E-state index contributed by atoms with van der Waals surface area (Å²) < 4.78 is 0. The van der Waals surface area contributed by atoms with Gasteiger partial charge in [-0.15, -0.1) is 0 Å². The average Bonchev–Trinajstić information content (AvgIpc) is 2.38. The van der Waals surface area contributed by atoms with E-state index in [-0.39, 0.29) is 0 Å². The van der Waals surface area contributed by atoms with Crippen LogP contribution in [0.2, 0.25) is 5.02 Å². The van der Waals surface area contributed by atoms with Gasteiger partial charge < -0.3 is 5.32 Å². The minimum absolute atomic E-state index is 0.826. The second-order valence-electron chi connectivity index (χ2n) is 4.00. The van der Waals surface area contributed by atoms with Crippen LogP contribution in [0.1, 0.15) is 11.1 Å². The number of hydrogen-bond donors (Lipinski definition) is 1. The van der Waals surface area contributed by atoms with E-state index in [1.165, 1.54) is 5.56 Å². The lowest BCUT2D eigenvalue weighted by atomic mass is 10.1. The fraction of sp³-hybridized carbons (Fsp3) is 0.200. The van der Waals surface area contributed by atoms with Crippen molar-refractivity contribution in [2.24, 2.45) is 0 Å². The summed E-state index contributed by atoms with van der Waals surface area (Å²) >= 11 is 6.08. The van der Waals surface area contributed by atoms with Gasteiger partial charge in [-0.25, -0.2) is 0 Å². The van der Waals surface area contributed by atoms with E-state index < -0.39 is 0 Å². The first-order valence-corrected chi connectivity index (χ1v) is 6.22. The van der Waals surface area contributed by atoms with Gasteiger partial charge in [0.1, 0.15) is 0 Å². The molecule has 2 aromatic rings. The molecule has 0 heterocycles. The van der Waals surface area contributed by atoms with Gasteiger partial charge >= 0.3 is 0 Å². The third kappa shape index (κ3) is 3.88. The molecule has 0 spiro atoms. The molecule has 0 amide bonds. The van der Waals surface area contributed by atoms with E-state index in [0.29, 0.717) is 0 Å². The minimum atomic E-state index is 0.826. The van der Waals surface area contributed by atoms with Gasteiger partial charge in [-0.3, -0.25) is 0 Å². The smallest absolute Gasteiger partial charge is 0.0450 e. The molecular formula is C15H16ClN. The van der Waals surface area contributed by atoms with Crippen molar-refractivity contribution in [3.8, 4) is 0 Å². The van der Waals surface area contributed by atoms with Crippen LogP contribution in [0, 0.1) is 0 Å². The number of hydrogen-bond acceptors (Lipinski definition) is 1. The molecule has 88 valence electrons. The summed E-state index contributed by atoms with van der Waals surface area (Å²) in [5.74, 6) is 0. The third-order valence-corrected chi connectivity index (χ3v) is 3.08. The van der Waals surface area contributed by atoms with Gasteiger partial charge in [0.15, 0.2) is 0 Å². The predicted octanol–water partition coefficient (Wildman–Crippen LogP) is 3.67. The van der Waals surface area contributed by atoms with Crippen molar-refractivity contribution in [3.05, 3.63) is 70.7 Å². The summed E-state index contributed by atoms with van der Waals surface area (Å²) in [5.41, 5.74) is 2.52. The normalized spacial score (nSPS) is 10.4. The standard InChI is InChI=1S/C15H16ClN/c16-15-9-5-4-8-14(15)12-17-11-10-13-6-2-1-3-7-13/h1-9,17H,10-12H2. The lowest BCUT2D eigenvalue weighted by Crippen LogP contribution is -2.16. The van der Waals surface area contributed by atoms with Crippen molar-refractivity contribution in [2.45, 2.75) is 13.0 Å². The molecule has 0 radical (unpaired) electrons. The van der Waals surface area contributed by atoms with Crippen LogP contribution in [0.4, 0.5) is 0 Å². The van der Waals surface area contributed by atoms with Gasteiger partial charge in [0, 0.05) is 11.6 Å². The van der Waals surface area contributed by atoms with Crippen molar-refractivity contribution in [1.82, 2.24) is 5.32 Å². The van der Waals surface area contributed by atoms with Gasteiger partial charge in [-0.05, 0) is 30.2 Å². The zero-order chi connectivity index (χ0) is 11.9. The molecule has 0 saturated heterocycles. The topological polar surface area (TPSA) is 12.0 Å². The minimum Gasteiger partial charge on any atom is -0.312 e. The van der Waals surface area contributed by atoms with Crippen LogP contribution >= 0.6 is 11.6 Å². The monoisotopic (exact) mass is 245 g/mol. The van der Waals surface area contributed by atoms with E-state index in [1.54, 1.807) is 0 Å². The lowest BCUT2D eigenvalue weighted by molar-refractivity contribution is 0.687. The summed E-state index contributed by atoms with van der Waals surface area (Å²) in [6.07, 6.45) is 1.05. The fourth-order valence-electron chi connectivity index (χ4n) is 1.74. The number of halogens is 1. The van der Waals surface area contributed by atoms with E-state index in [1.807, 2.05) is 24.3 Å². The van der Waals surface area contributed by atoms with E-state index in [0.717, 1.165) is 30.1 Å². The van der Waals surface area contributed by atoms with Crippen LogP contribution in [0.3, 0.4) is 0 Å². The van der Waals surface area contributed by atoms with Gasteiger partial charge in [0.05, 0.1) is 0 Å². The number of rotatable bonds is 5. The second-order valence-corrected chi connectivity index (χ2v) is 4.41. The highest BCUT2D eigenvalue weighted by Gasteiger charge is 1.97. The molecular weight excluding hydrogens is 230 g/mol. The fourth-order valence-corrected chi connectivity index (χ4v) is 1.94. The molecule has 1 nitrogen and oxygen atoms in total. The quantitative estimate of drug-likeness (QED) is 0.793. The summed E-state index contributed by atoms with van der Waals surface area (Å²) in [6.45, 7) is 1.79. The van der Waals surface area contributed by atoms with E-state index in [2.05, 4.69) is 35.6 Å². The molecule has 2 aromatic carbocycles. The van der Waals surface area contributed by atoms with Crippen LogP contribution < -0.4 is 5.32 Å². The van der Waals surface area contributed by atoms with Crippen molar-refractivity contribution in [1.29, 1.82) is 0 Å². The Morgan fingerprint density at radius 2 is 1.59 bits per heavy atom.